The molecule has 0 saturated carbocycles. The first-order chi connectivity index (χ1) is 13.4. The normalized spacial score (nSPS) is 30.2. The Hall–Kier alpha value is -2.71. The Morgan fingerprint density at radius 2 is 2.25 bits per heavy atom. The minimum absolute atomic E-state index is 0.0946. The van der Waals surface area contributed by atoms with Crippen LogP contribution in [0.1, 0.15) is 5.76 Å². The molecule has 28 heavy (non-hydrogen) atoms. The lowest BCUT2D eigenvalue weighted by molar-refractivity contribution is -0.128. The van der Waals surface area contributed by atoms with Crippen molar-refractivity contribution in [3.63, 3.8) is 0 Å². The lowest BCUT2D eigenvalue weighted by Crippen LogP contribution is -2.41. The lowest BCUT2D eigenvalue weighted by Gasteiger charge is -2.23. The summed E-state index contributed by atoms with van der Waals surface area (Å²) in [5.41, 5.74) is -0.511. The monoisotopic (exact) mass is 403 g/mol. The number of carbonyl (C=O) groups excluding carboxylic acids is 2. The van der Waals surface area contributed by atoms with Gasteiger partial charge in [-0.05, 0) is 25.1 Å². The summed E-state index contributed by atoms with van der Waals surface area (Å²) in [5.74, 6) is -1.59. The number of hydrogen-bond acceptors (Lipinski definition) is 5. The first kappa shape index (κ1) is 17.4. The average molecular weight is 404 g/mol. The van der Waals surface area contributed by atoms with Crippen LogP contribution in [0.3, 0.4) is 0 Å². The summed E-state index contributed by atoms with van der Waals surface area (Å²) in [4.78, 5) is 27.6. The Bertz CT molecular complexity index is 1040. The maximum atomic E-state index is 13.4. The van der Waals surface area contributed by atoms with Crippen LogP contribution in [-0.4, -0.2) is 35.2 Å². The van der Waals surface area contributed by atoms with Crippen LogP contribution in [0.25, 0.3) is 0 Å². The largest absolute Gasteiger partial charge is 0.360 e. The molecular formula is C19H15ClFN3O4. The van der Waals surface area contributed by atoms with E-state index in [1.54, 1.807) is 13.0 Å². The summed E-state index contributed by atoms with van der Waals surface area (Å²) in [6.45, 7) is 2.00. The van der Waals surface area contributed by atoms with Gasteiger partial charge in [-0.15, -0.1) is 0 Å². The Morgan fingerprint density at radius 1 is 1.43 bits per heavy atom. The third-order valence-corrected chi connectivity index (χ3v) is 5.77. The Kier molecular flexibility index (Phi) is 3.66. The molecule has 0 radical (unpaired) electrons. The topological polar surface area (TPSA) is 84.7 Å². The zero-order valence-corrected chi connectivity index (χ0v) is 15.4. The SMILES string of the molecule is Cc1cc(N2CC34C=CC(O3)C(C(=O)Nc3ccc(F)c(Cl)c3)C4C2=O)no1. The summed E-state index contributed by atoms with van der Waals surface area (Å²) in [7, 11) is 0. The summed E-state index contributed by atoms with van der Waals surface area (Å²) in [6.07, 6.45) is 3.17. The molecule has 144 valence electrons. The van der Waals surface area contributed by atoms with Crippen molar-refractivity contribution in [3.8, 4) is 0 Å². The molecule has 2 amide bonds. The van der Waals surface area contributed by atoms with Crippen molar-refractivity contribution >= 4 is 34.9 Å². The minimum atomic E-state index is -0.864. The molecule has 5 rings (SSSR count). The molecule has 3 aliphatic heterocycles. The number of rotatable bonds is 3. The van der Waals surface area contributed by atoms with Gasteiger partial charge in [-0.3, -0.25) is 14.5 Å². The second-order valence-corrected chi connectivity index (χ2v) is 7.65. The van der Waals surface area contributed by atoms with Crippen molar-refractivity contribution < 1.29 is 23.2 Å². The third kappa shape index (κ3) is 2.41. The van der Waals surface area contributed by atoms with Crippen molar-refractivity contribution in [1.82, 2.24) is 5.16 Å². The maximum absolute atomic E-state index is 13.4. The number of nitrogens with one attached hydrogen (secondary N) is 1. The number of amides is 2. The molecule has 4 heterocycles. The van der Waals surface area contributed by atoms with Gasteiger partial charge in [-0.2, -0.15) is 0 Å². The van der Waals surface area contributed by atoms with E-state index in [2.05, 4.69) is 10.5 Å². The number of aryl methyl sites for hydroxylation is 1. The second kappa shape index (κ2) is 5.89. The molecule has 1 spiro atoms. The van der Waals surface area contributed by atoms with Gasteiger partial charge in [-0.1, -0.05) is 28.9 Å². The van der Waals surface area contributed by atoms with Crippen LogP contribution < -0.4 is 10.2 Å². The van der Waals surface area contributed by atoms with Crippen LogP contribution in [0.2, 0.25) is 5.02 Å². The first-order valence-electron chi connectivity index (χ1n) is 8.76. The fraction of sp³-hybridized carbons (Fsp3) is 0.316. The Morgan fingerprint density at radius 3 is 2.96 bits per heavy atom. The number of ether oxygens (including phenoxy) is 1. The molecule has 4 unspecified atom stereocenters. The molecule has 0 aliphatic carbocycles. The molecule has 1 aromatic carbocycles. The number of carbonyl (C=O) groups is 2. The number of hydrogen-bond donors (Lipinski definition) is 1. The number of halogens is 2. The number of fused-ring (bicyclic) bond motifs is 1. The molecule has 2 saturated heterocycles. The maximum Gasteiger partial charge on any atom is 0.235 e. The van der Waals surface area contributed by atoms with Crippen molar-refractivity contribution in [2.45, 2.75) is 18.6 Å². The quantitative estimate of drug-likeness (QED) is 0.796. The zero-order valence-electron chi connectivity index (χ0n) is 14.7. The van der Waals surface area contributed by atoms with E-state index in [4.69, 9.17) is 20.9 Å². The van der Waals surface area contributed by atoms with E-state index in [0.29, 0.717) is 17.3 Å². The van der Waals surface area contributed by atoms with Gasteiger partial charge in [-0.25, -0.2) is 4.39 Å². The average Bonchev–Trinajstić information content (AvgIpc) is 3.39. The minimum Gasteiger partial charge on any atom is -0.360 e. The van der Waals surface area contributed by atoms with E-state index >= 15 is 0 Å². The van der Waals surface area contributed by atoms with E-state index in [-0.39, 0.29) is 23.4 Å². The summed E-state index contributed by atoms with van der Waals surface area (Å²) in [5, 5.41) is 6.53. The zero-order chi connectivity index (χ0) is 19.6. The standard InChI is InChI=1S/C19H15ClFN3O4/c1-9-6-14(23-28-9)24-8-19-5-4-13(27-19)15(16(19)18(24)26)17(25)22-10-2-3-12(21)11(20)7-10/h2-7,13,15-16H,8H2,1H3,(H,22,25). The van der Waals surface area contributed by atoms with Crippen molar-refractivity contribution in [3.05, 3.63) is 53.0 Å². The van der Waals surface area contributed by atoms with Crippen LogP contribution in [0.5, 0.6) is 0 Å². The lowest BCUT2D eigenvalue weighted by atomic mass is 9.77. The van der Waals surface area contributed by atoms with Crippen molar-refractivity contribution in [2.75, 3.05) is 16.8 Å². The molecule has 1 N–H and O–H groups in total. The van der Waals surface area contributed by atoms with Gasteiger partial charge < -0.3 is 14.6 Å². The molecule has 1 aromatic heterocycles. The smallest absolute Gasteiger partial charge is 0.235 e. The number of nitrogens with zero attached hydrogens (tertiary/aromatic N) is 2. The highest BCUT2D eigenvalue weighted by atomic mass is 35.5. The molecule has 4 atom stereocenters. The number of benzene rings is 1. The van der Waals surface area contributed by atoms with Gasteiger partial charge in [0.05, 0.1) is 29.5 Å². The van der Waals surface area contributed by atoms with E-state index in [9.17, 15) is 14.0 Å². The summed E-state index contributed by atoms with van der Waals surface area (Å²) in [6, 6.07) is 5.59. The number of anilines is 2. The number of aromatic nitrogens is 1. The highest BCUT2D eigenvalue weighted by molar-refractivity contribution is 6.31. The van der Waals surface area contributed by atoms with E-state index in [0.717, 1.165) is 0 Å². The molecule has 2 fully saturated rings. The van der Waals surface area contributed by atoms with E-state index in [1.165, 1.54) is 23.1 Å². The van der Waals surface area contributed by atoms with Crippen LogP contribution in [0, 0.1) is 24.6 Å². The van der Waals surface area contributed by atoms with E-state index in [1.807, 2.05) is 12.2 Å². The molecule has 3 aliphatic rings. The Balaban J connectivity index is 1.43. The van der Waals surface area contributed by atoms with Gasteiger partial charge in [0.1, 0.15) is 17.2 Å². The molecular weight excluding hydrogens is 389 g/mol. The van der Waals surface area contributed by atoms with Gasteiger partial charge in [0.2, 0.25) is 11.8 Å². The summed E-state index contributed by atoms with van der Waals surface area (Å²) < 4.78 is 24.5. The fourth-order valence-corrected chi connectivity index (χ4v) is 4.45. The van der Waals surface area contributed by atoms with Crippen LogP contribution >= 0.6 is 11.6 Å². The van der Waals surface area contributed by atoms with Gasteiger partial charge in [0.15, 0.2) is 5.82 Å². The van der Waals surface area contributed by atoms with Gasteiger partial charge in [0.25, 0.3) is 0 Å². The van der Waals surface area contributed by atoms with Crippen molar-refractivity contribution in [1.29, 1.82) is 0 Å². The second-order valence-electron chi connectivity index (χ2n) is 7.24. The van der Waals surface area contributed by atoms with Crippen LogP contribution in [0.4, 0.5) is 15.9 Å². The van der Waals surface area contributed by atoms with E-state index < -0.39 is 29.4 Å². The Labute approximate surface area is 164 Å². The molecule has 2 aromatic rings. The van der Waals surface area contributed by atoms with Crippen LogP contribution in [0.15, 0.2) is 40.9 Å². The predicted octanol–water partition coefficient (Wildman–Crippen LogP) is 2.70. The van der Waals surface area contributed by atoms with Gasteiger partial charge >= 0.3 is 0 Å². The molecule has 7 nitrogen and oxygen atoms in total. The van der Waals surface area contributed by atoms with Crippen molar-refractivity contribution in [2.24, 2.45) is 11.8 Å². The highest BCUT2D eigenvalue weighted by Gasteiger charge is 2.67. The fourth-order valence-electron chi connectivity index (χ4n) is 4.27. The highest BCUT2D eigenvalue weighted by Crippen LogP contribution is 2.52. The predicted molar refractivity (Wildman–Crippen MR) is 97.4 cm³/mol. The third-order valence-electron chi connectivity index (χ3n) is 5.48. The molecule has 9 heteroatoms. The molecule has 2 bridgehead atoms. The van der Waals surface area contributed by atoms with Gasteiger partial charge in [0, 0.05) is 11.8 Å². The first-order valence-corrected chi connectivity index (χ1v) is 9.13. The summed E-state index contributed by atoms with van der Waals surface area (Å²) >= 11 is 5.78. The van der Waals surface area contributed by atoms with Crippen LogP contribution in [-0.2, 0) is 14.3 Å².